The quantitative estimate of drug-likeness (QED) is 0.476. The third-order valence-corrected chi connectivity index (χ3v) is 4.86. The summed E-state index contributed by atoms with van der Waals surface area (Å²) in [4.78, 5) is 17.4. The molecule has 9 nitrogen and oxygen atoms in total. The molecule has 0 spiro atoms. The average Bonchev–Trinajstić information content (AvgIpc) is 3.49. The van der Waals surface area contributed by atoms with Crippen LogP contribution in [0.5, 0.6) is 5.75 Å². The van der Waals surface area contributed by atoms with E-state index in [2.05, 4.69) is 25.8 Å². The van der Waals surface area contributed by atoms with Crippen LogP contribution in [0.25, 0.3) is 22.3 Å². The van der Waals surface area contributed by atoms with Crippen LogP contribution in [0.3, 0.4) is 0 Å². The zero-order chi connectivity index (χ0) is 20.1. The Hall–Kier alpha value is -3.53. The molecule has 0 aliphatic carbocycles. The number of para-hydroxylation sites is 1. The SMILES string of the molecule is C[C@@H](Oc1ccccc1)C(=O)NCCn1cc(-c2nc(-c3cccs3)no2)nn1. The molecule has 0 bridgehead atoms. The largest absolute Gasteiger partial charge is 0.481 e. The number of hydrogen-bond donors (Lipinski definition) is 1. The van der Waals surface area contributed by atoms with E-state index in [0.717, 1.165) is 4.88 Å². The van der Waals surface area contributed by atoms with Crippen molar-refractivity contribution in [2.75, 3.05) is 6.54 Å². The van der Waals surface area contributed by atoms with Crippen LogP contribution < -0.4 is 10.1 Å². The lowest BCUT2D eigenvalue weighted by molar-refractivity contribution is -0.127. The molecule has 0 radical (unpaired) electrons. The van der Waals surface area contributed by atoms with Crippen molar-refractivity contribution < 1.29 is 14.1 Å². The first kappa shape index (κ1) is 18.8. The molecular weight excluding hydrogens is 392 g/mol. The highest BCUT2D eigenvalue weighted by molar-refractivity contribution is 7.13. The van der Waals surface area contributed by atoms with Gasteiger partial charge in [0.25, 0.3) is 11.8 Å². The van der Waals surface area contributed by atoms with Gasteiger partial charge in [0.1, 0.15) is 5.75 Å². The van der Waals surface area contributed by atoms with Gasteiger partial charge in [0.15, 0.2) is 11.8 Å². The Kier molecular flexibility index (Phi) is 5.61. The number of rotatable bonds is 8. The summed E-state index contributed by atoms with van der Waals surface area (Å²) in [7, 11) is 0. The maximum absolute atomic E-state index is 12.2. The molecule has 3 heterocycles. The summed E-state index contributed by atoms with van der Waals surface area (Å²) < 4.78 is 12.5. The third kappa shape index (κ3) is 4.66. The smallest absolute Gasteiger partial charge is 0.280 e. The Balaban J connectivity index is 1.28. The van der Waals surface area contributed by atoms with E-state index in [-0.39, 0.29) is 5.91 Å². The number of ether oxygens (including phenoxy) is 1. The molecule has 0 aliphatic heterocycles. The van der Waals surface area contributed by atoms with Crippen LogP contribution in [0, 0.1) is 0 Å². The minimum atomic E-state index is -0.599. The Bertz CT molecular complexity index is 1060. The standard InChI is InChI=1S/C19H18N6O3S/c1-13(27-14-6-3-2-4-7-14)18(26)20-9-10-25-12-15(22-24-25)19-21-17(23-28-19)16-8-5-11-29-16/h2-8,11-13H,9-10H2,1H3,(H,20,26)/t13-/m1/s1. The molecule has 4 rings (SSSR count). The second kappa shape index (κ2) is 8.65. The van der Waals surface area contributed by atoms with Gasteiger partial charge in [-0.1, -0.05) is 34.6 Å². The number of carbonyl (C=O) groups excluding carboxylic acids is 1. The lowest BCUT2D eigenvalue weighted by Crippen LogP contribution is -2.38. The molecule has 1 amide bonds. The fraction of sp³-hybridized carbons (Fsp3) is 0.211. The van der Waals surface area contributed by atoms with Gasteiger partial charge < -0.3 is 14.6 Å². The normalized spacial score (nSPS) is 11.9. The van der Waals surface area contributed by atoms with Gasteiger partial charge in [-0.25, -0.2) is 4.68 Å². The van der Waals surface area contributed by atoms with E-state index in [1.54, 1.807) is 17.8 Å². The molecule has 148 valence electrons. The van der Waals surface area contributed by atoms with Crippen molar-refractivity contribution in [1.29, 1.82) is 0 Å². The molecule has 0 unspecified atom stereocenters. The van der Waals surface area contributed by atoms with E-state index in [4.69, 9.17) is 9.26 Å². The van der Waals surface area contributed by atoms with Gasteiger partial charge in [-0.2, -0.15) is 4.98 Å². The summed E-state index contributed by atoms with van der Waals surface area (Å²) in [5, 5.41) is 16.8. The fourth-order valence-corrected chi connectivity index (χ4v) is 3.18. The molecule has 0 saturated heterocycles. The number of nitrogens with zero attached hydrogens (tertiary/aromatic N) is 5. The molecule has 1 aromatic carbocycles. The van der Waals surface area contributed by atoms with Crippen molar-refractivity contribution in [3.05, 3.63) is 54.0 Å². The molecule has 0 saturated carbocycles. The van der Waals surface area contributed by atoms with Crippen molar-refractivity contribution in [3.63, 3.8) is 0 Å². The van der Waals surface area contributed by atoms with Crippen LogP contribution in [-0.2, 0) is 11.3 Å². The number of nitrogens with one attached hydrogen (secondary N) is 1. The van der Waals surface area contributed by atoms with E-state index in [9.17, 15) is 4.79 Å². The number of thiophene rings is 1. The molecule has 0 fully saturated rings. The third-order valence-electron chi connectivity index (χ3n) is 3.99. The highest BCUT2D eigenvalue weighted by atomic mass is 32.1. The Labute approximate surface area is 170 Å². The van der Waals surface area contributed by atoms with Crippen molar-refractivity contribution >= 4 is 17.2 Å². The van der Waals surface area contributed by atoms with Crippen LogP contribution in [0.2, 0.25) is 0 Å². The molecule has 1 N–H and O–H groups in total. The van der Waals surface area contributed by atoms with E-state index >= 15 is 0 Å². The monoisotopic (exact) mass is 410 g/mol. The zero-order valence-corrected chi connectivity index (χ0v) is 16.4. The molecule has 10 heteroatoms. The second-order valence-electron chi connectivity index (χ2n) is 6.13. The maximum atomic E-state index is 12.2. The lowest BCUT2D eigenvalue weighted by Gasteiger charge is -2.14. The molecule has 3 aromatic heterocycles. The Morgan fingerprint density at radius 2 is 2.14 bits per heavy atom. The van der Waals surface area contributed by atoms with Crippen molar-refractivity contribution in [3.8, 4) is 28.0 Å². The molecule has 1 atom stereocenters. The highest BCUT2D eigenvalue weighted by Gasteiger charge is 2.16. The highest BCUT2D eigenvalue weighted by Crippen LogP contribution is 2.24. The van der Waals surface area contributed by atoms with Crippen molar-refractivity contribution in [1.82, 2.24) is 30.5 Å². The Morgan fingerprint density at radius 3 is 2.93 bits per heavy atom. The Morgan fingerprint density at radius 1 is 1.28 bits per heavy atom. The first-order valence-corrected chi connectivity index (χ1v) is 9.84. The number of aromatic nitrogens is 5. The zero-order valence-electron chi connectivity index (χ0n) is 15.6. The van der Waals surface area contributed by atoms with Gasteiger partial charge in [-0.15, -0.1) is 16.4 Å². The van der Waals surface area contributed by atoms with Gasteiger partial charge in [0.2, 0.25) is 5.82 Å². The summed E-state index contributed by atoms with van der Waals surface area (Å²) >= 11 is 1.53. The average molecular weight is 410 g/mol. The van der Waals surface area contributed by atoms with Gasteiger partial charge in [0.05, 0.1) is 17.6 Å². The summed E-state index contributed by atoms with van der Waals surface area (Å²) in [6, 6.07) is 13.1. The number of hydrogen-bond acceptors (Lipinski definition) is 8. The summed E-state index contributed by atoms with van der Waals surface area (Å²) in [6.45, 7) is 2.54. The maximum Gasteiger partial charge on any atom is 0.280 e. The van der Waals surface area contributed by atoms with Crippen LogP contribution in [-0.4, -0.2) is 43.7 Å². The van der Waals surface area contributed by atoms with E-state index < -0.39 is 6.10 Å². The molecule has 0 aliphatic rings. The van der Waals surface area contributed by atoms with Gasteiger partial charge >= 0.3 is 0 Å². The van der Waals surface area contributed by atoms with E-state index in [1.165, 1.54) is 11.3 Å². The minimum absolute atomic E-state index is 0.202. The molecule has 29 heavy (non-hydrogen) atoms. The second-order valence-corrected chi connectivity index (χ2v) is 7.08. The minimum Gasteiger partial charge on any atom is -0.481 e. The topological polar surface area (TPSA) is 108 Å². The van der Waals surface area contributed by atoms with Crippen molar-refractivity contribution in [2.24, 2.45) is 0 Å². The molecular formula is C19H18N6O3S. The van der Waals surface area contributed by atoms with Crippen molar-refractivity contribution in [2.45, 2.75) is 19.6 Å². The van der Waals surface area contributed by atoms with Gasteiger partial charge in [-0.3, -0.25) is 4.79 Å². The van der Waals surface area contributed by atoms with E-state index in [1.807, 2.05) is 47.8 Å². The first-order chi connectivity index (χ1) is 14.2. The number of carbonyl (C=O) groups is 1. The lowest BCUT2D eigenvalue weighted by atomic mass is 10.3. The van der Waals surface area contributed by atoms with Crippen LogP contribution in [0.15, 0.2) is 58.6 Å². The van der Waals surface area contributed by atoms with Crippen LogP contribution >= 0.6 is 11.3 Å². The number of benzene rings is 1. The van der Waals surface area contributed by atoms with Gasteiger partial charge in [0, 0.05) is 6.54 Å². The van der Waals surface area contributed by atoms with Crippen LogP contribution in [0.4, 0.5) is 0 Å². The predicted molar refractivity (Wildman–Crippen MR) is 106 cm³/mol. The predicted octanol–water partition coefficient (Wildman–Crippen LogP) is 2.64. The van der Waals surface area contributed by atoms with Gasteiger partial charge in [-0.05, 0) is 30.5 Å². The first-order valence-electron chi connectivity index (χ1n) is 8.96. The number of amides is 1. The van der Waals surface area contributed by atoms with E-state index in [0.29, 0.717) is 36.2 Å². The van der Waals surface area contributed by atoms with Crippen LogP contribution in [0.1, 0.15) is 6.92 Å². The summed E-state index contributed by atoms with van der Waals surface area (Å²) in [5.41, 5.74) is 0.479. The fourth-order valence-electron chi connectivity index (χ4n) is 2.53. The summed E-state index contributed by atoms with van der Waals surface area (Å²) in [5.74, 6) is 1.27. The summed E-state index contributed by atoms with van der Waals surface area (Å²) in [6.07, 6.45) is 1.10. The molecule has 4 aromatic rings.